The van der Waals surface area contributed by atoms with Crippen LogP contribution < -0.4 is 0 Å². The van der Waals surface area contributed by atoms with Crippen LogP contribution in [0.15, 0.2) is 51.4 Å². The van der Waals surface area contributed by atoms with Gasteiger partial charge in [0, 0.05) is 37.2 Å². The summed E-state index contributed by atoms with van der Waals surface area (Å²) >= 11 is 3.36. The van der Waals surface area contributed by atoms with Gasteiger partial charge in [0.15, 0.2) is 5.58 Å². The first-order valence-electron chi connectivity index (χ1n) is 9.03. The van der Waals surface area contributed by atoms with Crippen molar-refractivity contribution in [2.75, 3.05) is 26.2 Å². The number of nitrogens with zero attached hydrogens (tertiary/aromatic N) is 3. The second kappa shape index (κ2) is 7.79. The molecule has 1 aliphatic heterocycles. The fourth-order valence-corrected chi connectivity index (χ4v) is 3.63. The Morgan fingerprint density at radius 3 is 2.41 bits per heavy atom. The van der Waals surface area contributed by atoms with E-state index in [0.29, 0.717) is 43.8 Å². The van der Waals surface area contributed by atoms with Crippen molar-refractivity contribution in [3.05, 3.63) is 64.0 Å². The Hall–Kier alpha value is -2.39. The lowest BCUT2D eigenvalue weighted by Gasteiger charge is -2.34. The smallest absolute Gasteiger partial charge is 0.416 e. The van der Waals surface area contributed by atoms with E-state index < -0.39 is 11.7 Å². The van der Waals surface area contributed by atoms with Crippen LogP contribution in [0.25, 0.3) is 11.1 Å². The van der Waals surface area contributed by atoms with E-state index in [1.807, 2.05) is 6.07 Å². The van der Waals surface area contributed by atoms with E-state index in [0.717, 1.165) is 22.2 Å². The number of aromatic nitrogens is 1. The number of amides is 1. The number of carbonyl (C=O) groups excluding carboxylic acids is 1. The zero-order chi connectivity index (χ0) is 20.6. The van der Waals surface area contributed by atoms with Crippen molar-refractivity contribution in [1.29, 1.82) is 0 Å². The van der Waals surface area contributed by atoms with Crippen LogP contribution in [0.2, 0.25) is 0 Å². The fraction of sp³-hybridized carbons (Fsp3) is 0.300. The first kappa shape index (κ1) is 19.9. The molecule has 3 aromatic rings. The number of hydrogen-bond donors (Lipinski definition) is 0. The van der Waals surface area contributed by atoms with Gasteiger partial charge in [-0.3, -0.25) is 9.69 Å². The maximum absolute atomic E-state index is 12.7. The Labute approximate surface area is 173 Å². The summed E-state index contributed by atoms with van der Waals surface area (Å²) in [7, 11) is 0. The zero-order valence-corrected chi connectivity index (χ0v) is 16.8. The van der Waals surface area contributed by atoms with Gasteiger partial charge in [0.05, 0.1) is 5.56 Å². The third kappa shape index (κ3) is 4.45. The lowest BCUT2D eigenvalue weighted by Crippen LogP contribution is -2.48. The van der Waals surface area contributed by atoms with Crippen LogP contribution in [0.3, 0.4) is 0 Å². The molecule has 1 saturated heterocycles. The number of fused-ring (bicyclic) bond motifs is 1. The molecule has 4 rings (SSSR count). The van der Waals surface area contributed by atoms with Crippen LogP contribution in [-0.4, -0.2) is 46.9 Å². The average molecular weight is 468 g/mol. The van der Waals surface area contributed by atoms with Gasteiger partial charge in [-0.25, -0.2) is 4.98 Å². The molecule has 5 nitrogen and oxygen atoms in total. The quantitative estimate of drug-likeness (QED) is 0.566. The Bertz CT molecular complexity index is 1030. The minimum Gasteiger partial charge on any atom is -0.432 e. The Morgan fingerprint density at radius 2 is 1.76 bits per heavy atom. The van der Waals surface area contributed by atoms with E-state index in [4.69, 9.17) is 4.42 Å². The lowest BCUT2D eigenvalue weighted by molar-refractivity contribution is -0.137. The molecule has 9 heteroatoms. The summed E-state index contributed by atoms with van der Waals surface area (Å²) in [5.41, 5.74) is 1.32. The Morgan fingerprint density at radius 1 is 1.07 bits per heavy atom. The molecule has 0 N–H and O–H groups in total. The molecular formula is C20H17BrF3N3O2. The van der Waals surface area contributed by atoms with Crippen LogP contribution in [-0.2, 0) is 12.7 Å². The minimum atomic E-state index is -4.33. The zero-order valence-electron chi connectivity index (χ0n) is 15.2. The molecule has 2 heterocycles. The average Bonchev–Trinajstić information content (AvgIpc) is 3.11. The van der Waals surface area contributed by atoms with E-state index >= 15 is 0 Å². The highest BCUT2D eigenvalue weighted by Gasteiger charge is 2.30. The van der Waals surface area contributed by atoms with Crippen molar-refractivity contribution in [3.8, 4) is 0 Å². The molecule has 152 valence electrons. The molecule has 1 aromatic heterocycles. The number of halogens is 4. The second-order valence-corrected chi connectivity index (χ2v) is 7.81. The number of benzene rings is 2. The minimum absolute atomic E-state index is 0.0642. The molecule has 0 unspecified atom stereocenters. The van der Waals surface area contributed by atoms with Gasteiger partial charge in [-0.15, -0.1) is 0 Å². The van der Waals surface area contributed by atoms with Gasteiger partial charge < -0.3 is 9.32 Å². The van der Waals surface area contributed by atoms with Gasteiger partial charge in [-0.2, -0.15) is 13.2 Å². The maximum Gasteiger partial charge on any atom is 0.416 e. The molecule has 0 atom stereocenters. The van der Waals surface area contributed by atoms with Crippen molar-refractivity contribution < 1.29 is 22.4 Å². The maximum atomic E-state index is 12.7. The van der Waals surface area contributed by atoms with Crippen LogP contribution >= 0.6 is 15.9 Å². The summed E-state index contributed by atoms with van der Waals surface area (Å²) in [4.78, 5) is 20.7. The number of alkyl halides is 3. The Balaban J connectivity index is 1.35. The van der Waals surface area contributed by atoms with Crippen LogP contribution in [0.5, 0.6) is 0 Å². The van der Waals surface area contributed by atoms with E-state index in [1.54, 1.807) is 17.0 Å². The van der Waals surface area contributed by atoms with Gasteiger partial charge in [0.2, 0.25) is 0 Å². The van der Waals surface area contributed by atoms with Gasteiger partial charge in [-0.05, 0) is 35.9 Å². The van der Waals surface area contributed by atoms with Crippen LogP contribution in [0, 0.1) is 0 Å². The van der Waals surface area contributed by atoms with E-state index in [9.17, 15) is 18.0 Å². The highest BCUT2D eigenvalue weighted by Crippen LogP contribution is 2.29. The van der Waals surface area contributed by atoms with Crippen molar-refractivity contribution in [1.82, 2.24) is 14.8 Å². The van der Waals surface area contributed by atoms with E-state index in [-0.39, 0.29) is 11.8 Å². The molecule has 0 bridgehead atoms. The third-order valence-corrected chi connectivity index (χ3v) is 5.37. The third-order valence-electron chi connectivity index (χ3n) is 4.88. The summed E-state index contributed by atoms with van der Waals surface area (Å²) in [5.74, 6) is -0.194. The highest BCUT2D eigenvalue weighted by atomic mass is 79.9. The number of hydrogen-bond acceptors (Lipinski definition) is 4. The molecule has 2 aromatic carbocycles. The topological polar surface area (TPSA) is 49.6 Å². The predicted molar refractivity (Wildman–Crippen MR) is 104 cm³/mol. The second-order valence-electron chi connectivity index (χ2n) is 6.89. The SMILES string of the molecule is O=C(c1nc2ccc(Br)cc2o1)N1CCN(Cc2ccc(C(F)(F)F)cc2)CC1. The lowest BCUT2D eigenvalue weighted by atomic mass is 10.1. The number of rotatable bonds is 3. The molecule has 0 saturated carbocycles. The molecule has 29 heavy (non-hydrogen) atoms. The molecule has 0 spiro atoms. The number of oxazole rings is 1. The molecule has 1 amide bonds. The predicted octanol–water partition coefficient (Wildman–Crippen LogP) is 4.57. The van der Waals surface area contributed by atoms with Crippen molar-refractivity contribution in [2.45, 2.75) is 12.7 Å². The normalized spacial score (nSPS) is 15.8. The van der Waals surface area contributed by atoms with Crippen molar-refractivity contribution >= 4 is 32.9 Å². The van der Waals surface area contributed by atoms with Gasteiger partial charge in [0.25, 0.3) is 5.89 Å². The van der Waals surface area contributed by atoms with E-state index in [1.165, 1.54) is 12.1 Å². The molecular weight excluding hydrogens is 451 g/mol. The van der Waals surface area contributed by atoms with Gasteiger partial charge >= 0.3 is 12.1 Å². The fourth-order valence-electron chi connectivity index (χ4n) is 3.29. The number of piperazine rings is 1. The first-order valence-corrected chi connectivity index (χ1v) is 9.83. The summed E-state index contributed by atoms with van der Waals surface area (Å²) in [6.45, 7) is 2.79. The first-order chi connectivity index (χ1) is 13.8. The molecule has 0 aliphatic carbocycles. The van der Waals surface area contributed by atoms with Crippen LogP contribution in [0.1, 0.15) is 21.8 Å². The summed E-state index contributed by atoms with van der Waals surface area (Å²) in [6.07, 6.45) is -4.33. The van der Waals surface area contributed by atoms with Gasteiger partial charge in [-0.1, -0.05) is 28.1 Å². The molecule has 0 radical (unpaired) electrons. The van der Waals surface area contributed by atoms with Crippen molar-refractivity contribution in [3.63, 3.8) is 0 Å². The van der Waals surface area contributed by atoms with Crippen molar-refractivity contribution in [2.24, 2.45) is 0 Å². The monoisotopic (exact) mass is 467 g/mol. The standard InChI is InChI=1S/C20H17BrF3N3O2/c21-15-5-6-16-17(11-15)29-18(25-16)19(28)27-9-7-26(8-10-27)12-13-1-3-14(4-2-13)20(22,23)24/h1-6,11H,7-10,12H2. The van der Waals surface area contributed by atoms with E-state index in [2.05, 4.69) is 25.8 Å². The van der Waals surface area contributed by atoms with Gasteiger partial charge in [0.1, 0.15) is 5.52 Å². The molecule has 1 fully saturated rings. The molecule has 1 aliphatic rings. The summed E-state index contributed by atoms with van der Waals surface area (Å²) in [6, 6.07) is 10.6. The summed E-state index contributed by atoms with van der Waals surface area (Å²) in [5, 5.41) is 0. The number of carbonyl (C=O) groups is 1. The van der Waals surface area contributed by atoms with Crippen LogP contribution in [0.4, 0.5) is 13.2 Å². The Kier molecular flexibility index (Phi) is 5.35. The highest BCUT2D eigenvalue weighted by molar-refractivity contribution is 9.10. The largest absolute Gasteiger partial charge is 0.432 e. The summed E-state index contributed by atoms with van der Waals surface area (Å²) < 4.78 is 44.4.